The molecule has 12 heteroatoms. The molecule has 1 aliphatic heterocycles. The first kappa shape index (κ1) is 33.5. The van der Waals surface area contributed by atoms with Gasteiger partial charge in [0.15, 0.2) is 11.9 Å². The Morgan fingerprint density at radius 1 is 1.07 bits per heavy atom. The molecular formula is C29H40N2O10. The number of carbonyl (C=O) groups is 4. The third-order valence-corrected chi connectivity index (χ3v) is 7.08. The van der Waals surface area contributed by atoms with Gasteiger partial charge in [-0.15, -0.1) is 0 Å². The largest absolute Gasteiger partial charge is 0.505 e. The summed E-state index contributed by atoms with van der Waals surface area (Å²) in [6.45, 7) is 6.76. The molecule has 0 radical (unpaired) electrons. The van der Waals surface area contributed by atoms with Crippen LogP contribution in [0.5, 0.6) is 0 Å². The summed E-state index contributed by atoms with van der Waals surface area (Å²) in [6, 6.07) is 0. The smallest absolute Gasteiger partial charge is 0.405 e. The molecule has 6 atom stereocenters. The van der Waals surface area contributed by atoms with Crippen LogP contribution in [0.25, 0.3) is 0 Å². The SMILES string of the molecule is COC1=C2C[C@@H](C)C[C@H](OC)[C@H](O)[C@@H](C)/C=C(\C)[C@H](OC(N)=O)C(OC)/C=C\C=C(/C)C(=O)NC(=C2O)C(=O)C1=O. The number of fused-ring (bicyclic) bond motifs is 1. The van der Waals surface area contributed by atoms with E-state index in [0.717, 1.165) is 0 Å². The number of carbonyl (C=O) groups excluding carboxylic acids is 4. The number of methoxy groups -OCH3 is 3. The molecule has 0 aromatic carbocycles. The Kier molecular flexibility index (Phi) is 12.1. The first-order valence-corrected chi connectivity index (χ1v) is 13.1. The van der Waals surface area contributed by atoms with Crippen molar-refractivity contribution in [3.8, 4) is 0 Å². The van der Waals surface area contributed by atoms with Crippen molar-refractivity contribution in [3.63, 3.8) is 0 Å². The fourth-order valence-electron chi connectivity index (χ4n) is 4.84. The molecule has 0 saturated carbocycles. The zero-order chi connectivity index (χ0) is 31.0. The van der Waals surface area contributed by atoms with Crippen molar-refractivity contribution in [1.82, 2.24) is 5.32 Å². The maximum atomic E-state index is 12.9. The van der Waals surface area contributed by atoms with Gasteiger partial charge in [0.25, 0.3) is 17.5 Å². The minimum absolute atomic E-state index is 0.0573. The summed E-state index contributed by atoms with van der Waals surface area (Å²) in [5, 5.41) is 24.5. The van der Waals surface area contributed by atoms with Crippen LogP contribution in [0.15, 0.2) is 58.2 Å². The number of nitrogens with one attached hydrogen (secondary N) is 1. The van der Waals surface area contributed by atoms with Gasteiger partial charge in [0.2, 0.25) is 0 Å². The monoisotopic (exact) mass is 576 g/mol. The van der Waals surface area contributed by atoms with Crippen LogP contribution in [-0.2, 0) is 33.3 Å². The first-order chi connectivity index (χ1) is 19.3. The number of Topliss-reactive ketones (excluding diaryl/α,β-unsaturated/α-hetero) is 2. The summed E-state index contributed by atoms with van der Waals surface area (Å²) in [6.07, 6.45) is 2.06. The van der Waals surface area contributed by atoms with Crippen molar-refractivity contribution >= 4 is 23.6 Å². The van der Waals surface area contributed by atoms with Crippen LogP contribution in [0.3, 0.4) is 0 Å². The van der Waals surface area contributed by atoms with E-state index in [1.54, 1.807) is 19.9 Å². The van der Waals surface area contributed by atoms with Gasteiger partial charge in [0.05, 0.1) is 19.3 Å². The van der Waals surface area contributed by atoms with Gasteiger partial charge >= 0.3 is 6.09 Å². The molecule has 0 fully saturated rings. The van der Waals surface area contributed by atoms with Gasteiger partial charge < -0.3 is 40.2 Å². The molecule has 1 unspecified atom stereocenters. The van der Waals surface area contributed by atoms with Crippen molar-refractivity contribution in [2.45, 2.75) is 65.0 Å². The summed E-state index contributed by atoms with van der Waals surface area (Å²) in [4.78, 5) is 50.2. The fourth-order valence-corrected chi connectivity index (χ4v) is 4.84. The number of ketones is 2. The van der Waals surface area contributed by atoms with E-state index in [9.17, 15) is 29.4 Å². The number of primary amides is 1. The average molecular weight is 577 g/mol. The number of aliphatic hydroxyl groups excluding tert-OH is 2. The van der Waals surface area contributed by atoms with E-state index in [2.05, 4.69) is 5.32 Å². The second-order valence-corrected chi connectivity index (χ2v) is 10.2. The summed E-state index contributed by atoms with van der Waals surface area (Å²) < 4.78 is 21.6. The Morgan fingerprint density at radius 3 is 2.29 bits per heavy atom. The Bertz CT molecular complexity index is 1200. The second-order valence-electron chi connectivity index (χ2n) is 10.2. The Morgan fingerprint density at radius 2 is 1.73 bits per heavy atom. The predicted molar refractivity (Wildman–Crippen MR) is 148 cm³/mol. The summed E-state index contributed by atoms with van der Waals surface area (Å²) >= 11 is 0. The molecule has 12 nitrogen and oxygen atoms in total. The average Bonchev–Trinajstić information content (AvgIpc) is 2.92. The minimum atomic E-state index is -1.12. The van der Waals surface area contributed by atoms with Crippen LogP contribution in [0, 0.1) is 11.8 Å². The van der Waals surface area contributed by atoms with Crippen molar-refractivity contribution in [3.05, 3.63) is 58.2 Å². The maximum Gasteiger partial charge on any atom is 0.405 e. The molecule has 41 heavy (non-hydrogen) atoms. The number of allylic oxidation sites excluding steroid dienone is 5. The highest BCUT2D eigenvalue weighted by Gasteiger charge is 2.38. The predicted octanol–water partition coefficient (Wildman–Crippen LogP) is 2.29. The minimum Gasteiger partial charge on any atom is -0.505 e. The summed E-state index contributed by atoms with van der Waals surface area (Å²) in [5.41, 5.74) is 5.50. The van der Waals surface area contributed by atoms with E-state index in [4.69, 9.17) is 24.7 Å². The van der Waals surface area contributed by atoms with Gasteiger partial charge in [-0.1, -0.05) is 38.2 Å². The number of nitrogens with two attached hydrogens (primary N) is 1. The molecule has 0 aromatic heterocycles. The van der Waals surface area contributed by atoms with E-state index in [-0.39, 0.29) is 29.2 Å². The van der Waals surface area contributed by atoms with E-state index < -0.39 is 65.4 Å². The van der Waals surface area contributed by atoms with Crippen LogP contribution in [0.4, 0.5) is 4.79 Å². The molecule has 2 bridgehead atoms. The third kappa shape index (κ3) is 8.15. The molecule has 2 aliphatic rings. The number of hydrogen-bond donors (Lipinski definition) is 4. The van der Waals surface area contributed by atoms with Gasteiger partial charge in [-0.2, -0.15) is 0 Å². The molecule has 0 aromatic rings. The van der Waals surface area contributed by atoms with Crippen LogP contribution < -0.4 is 11.1 Å². The van der Waals surface area contributed by atoms with Gasteiger partial charge in [0.1, 0.15) is 17.6 Å². The molecule has 0 spiro atoms. The molecular weight excluding hydrogens is 536 g/mol. The summed E-state index contributed by atoms with van der Waals surface area (Å²) in [7, 11) is 4.07. The zero-order valence-electron chi connectivity index (χ0n) is 24.4. The molecule has 1 heterocycles. The molecule has 2 amide bonds. The number of amides is 2. The normalized spacial score (nSPS) is 32.4. The Labute approximate surface area is 239 Å². The standard InChI is InChI=1S/C29H40N2O10/c1-14-11-18-23(33)21(24(34)25(35)27(18)40-7)31-28(36)15(2)9-8-10-19(38-5)26(41-29(30)37)17(4)13-16(3)22(32)20(12-14)39-6/h8-10,13-14,16,19-20,22,26,32-33H,11-12H2,1-7H3,(H2,30,37)(H,31,36)/b10-8-,15-9+,17-13+/t14-,16+,19?,20+,22-,26+/m1/s1. The molecule has 226 valence electrons. The van der Waals surface area contributed by atoms with E-state index in [1.807, 2.05) is 6.92 Å². The van der Waals surface area contributed by atoms with Crippen LogP contribution in [-0.4, -0.2) is 79.5 Å². The number of aliphatic hydroxyl groups is 2. The third-order valence-electron chi connectivity index (χ3n) is 7.08. The Balaban J connectivity index is 2.67. The summed E-state index contributed by atoms with van der Waals surface area (Å²) in [5.74, 6) is -4.51. The van der Waals surface area contributed by atoms with Crippen molar-refractivity contribution in [2.24, 2.45) is 17.6 Å². The van der Waals surface area contributed by atoms with E-state index in [0.29, 0.717) is 12.0 Å². The molecule has 0 saturated heterocycles. The van der Waals surface area contributed by atoms with Gasteiger partial charge in [0, 0.05) is 31.3 Å². The van der Waals surface area contributed by atoms with Gasteiger partial charge in [-0.25, -0.2) is 4.79 Å². The number of hydrogen-bond acceptors (Lipinski definition) is 10. The van der Waals surface area contributed by atoms with Crippen LogP contribution >= 0.6 is 0 Å². The number of ether oxygens (including phenoxy) is 4. The van der Waals surface area contributed by atoms with Gasteiger partial charge in [-0.3, -0.25) is 14.4 Å². The highest BCUT2D eigenvalue weighted by molar-refractivity contribution is 6.50. The zero-order valence-corrected chi connectivity index (χ0v) is 24.4. The van der Waals surface area contributed by atoms with Gasteiger partial charge in [-0.05, 0) is 38.2 Å². The maximum absolute atomic E-state index is 12.9. The van der Waals surface area contributed by atoms with Crippen molar-refractivity contribution < 1.29 is 48.3 Å². The van der Waals surface area contributed by atoms with Crippen molar-refractivity contribution in [1.29, 1.82) is 0 Å². The lowest BCUT2D eigenvalue weighted by molar-refractivity contribution is -0.135. The van der Waals surface area contributed by atoms with E-state index in [1.165, 1.54) is 46.5 Å². The lowest BCUT2D eigenvalue weighted by Gasteiger charge is -2.30. The quantitative estimate of drug-likeness (QED) is 0.220. The molecule has 2 rings (SSSR count). The van der Waals surface area contributed by atoms with Crippen LogP contribution in [0.2, 0.25) is 0 Å². The highest BCUT2D eigenvalue weighted by atomic mass is 16.6. The lowest BCUT2D eigenvalue weighted by atomic mass is 9.85. The molecule has 1 aliphatic carbocycles. The Hall–Kier alpha value is -3.74. The topological polar surface area (TPSA) is 184 Å². The first-order valence-electron chi connectivity index (χ1n) is 13.1. The van der Waals surface area contributed by atoms with Crippen LogP contribution in [0.1, 0.15) is 40.5 Å². The molecule has 5 N–H and O–H groups in total. The van der Waals surface area contributed by atoms with E-state index >= 15 is 0 Å². The number of rotatable bonds is 4. The second kappa shape index (κ2) is 14.8. The highest BCUT2D eigenvalue weighted by Crippen LogP contribution is 2.32. The lowest BCUT2D eigenvalue weighted by Crippen LogP contribution is -2.38. The fraction of sp³-hybridized carbons (Fsp3) is 0.517. The van der Waals surface area contributed by atoms with Crippen molar-refractivity contribution in [2.75, 3.05) is 21.3 Å².